The van der Waals surface area contributed by atoms with Crippen LogP contribution in [0.4, 0.5) is 8.78 Å². The third kappa shape index (κ3) is 1.99. The van der Waals surface area contributed by atoms with Gasteiger partial charge in [0.05, 0.1) is 23.9 Å². The summed E-state index contributed by atoms with van der Waals surface area (Å²) in [5.41, 5.74) is 2.84. The number of piperidine rings is 1. The van der Waals surface area contributed by atoms with E-state index in [0.717, 1.165) is 16.6 Å². The number of fused-ring (bicyclic) bond motifs is 1. The third-order valence-electron chi connectivity index (χ3n) is 3.54. The quantitative estimate of drug-likeness (QED) is 0.842. The fourth-order valence-electron chi connectivity index (χ4n) is 2.57. The maximum Gasteiger partial charge on any atom is 0.260 e. The van der Waals surface area contributed by atoms with Gasteiger partial charge in [-0.2, -0.15) is 0 Å². The van der Waals surface area contributed by atoms with Crippen LogP contribution in [0.5, 0.6) is 0 Å². The van der Waals surface area contributed by atoms with Gasteiger partial charge < -0.3 is 9.88 Å². The molecule has 3 nitrogen and oxygen atoms in total. The molecule has 1 aliphatic heterocycles. The molecule has 2 heterocycles. The fraction of sp³-hybridized carbons (Fsp3) is 0.462. The van der Waals surface area contributed by atoms with Crippen LogP contribution in [-0.4, -0.2) is 28.6 Å². The third-order valence-corrected chi connectivity index (χ3v) is 3.54. The number of benzene rings is 1. The van der Waals surface area contributed by atoms with Crippen molar-refractivity contribution in [1.82, 2.24) is 14.9 Å². The Kier molecular flexibility index (Phi) is 2.59. The number of halogens is 2. The van der Waals surface area contributed by atoms with E-state index >= 15 is 0 Å². The summed E-state index contributed by atoms with van der Waals surface area (Å²) >= 11 is 0. The number of alkyl halides is 2. The summed E-state index contributed by atoms with van der Waals surface area (Å²) in [5, 5.41) is 2.81. The van der Waals surface area contributed by atoms with E-state index in [1.807, 2.05) is 29.8 Å². The standard InChI is InChI=1S/C13H15F2N3/c1-18-8-17-11-3-2-9(4-12(11)18)10-5-13(14,15)7-16-6-10/h2-4,8,10,16H,5-7H2,1H3. The van der Waals surface area contributed by atoms with Crippen molar-refractivity contribution in [2.45, 2.75) is 18.3 Å². The number of rotatable bonds is 1. The Balaban J connectivity index is 1.96. The lowest BCUT2D eigenvalue weighted by Gasteiger charge is -2.30. The molecule has 0 radical (unpaired) electrons. The van der Waals surface area contributed by atoms with Crippen molar-refractivity contribution in [3.05, 3.63) is 30.1 Å². The zero-order chi connectivity index (χ0) is 12.8. The topological polar surface area (TPSA) is 29.9 Å². The van der Waals surface area contributed by atoms with E-state index in [1.54, 1.807) is 6.33 Å². The Hall–Kier alpha value is -1.49. The molecule has 2 aromatic rings. The van der Waals surface area contributed by atoms with Crippen LogP contribution >= 0.6 is 0 Å². The van der Waals surface area contributed by atoms with E-state index in [9.17, 15) is 8.78 Å². The van der Waals surface area contributed by atoms with Crippen LogP contribution in [0.2, 0.25) is 0 Å². The van der Waals surface area contributed by atoms with Crippen molar-refractivity contribution in [3.8, 4) is 0 Å². The van der Waals surface area contributed by atoms with Gasteiger partial charge in [-0.25, -0.2) is 13.8 Å². The highest BCUT2D eigenvalue weighted by atomic mass is 19.3. The molecule has 5 heteroatoms. The molecular formula is C13H15F2N3. The summed E-state index contributed by atoms with van der Waals surface area (Å²) in [4.78, 5) is 4.23. The van der Waals surface area contributed by atoms with E-state index in [2.05, 4.69) is 10.3 Å². The summed E-state index contributed by atoms with van der Waals surface area (Å²) in [6.45, 7) is 0.399. The highest BCUT2D eigenvalue weighted by Crippen LogP contribution is 2.33. The first-order valence-electron chi connectivity index (χ1n) is 6.05. The number of nitrogens with zero attached hydrogens (tertiary/aromatic N) is 2. The fourth-order valence-corrected chi connectivity index (χ4v) is 2.57. The van der Waals surface area contributed by atoms with Gasteiger partial charge in [-0.1, -0.05) is 6.07 Å². The van der Waals surface area contributed by atoms with E-state index in [-0.39, 0.29) is 18.9 Å². The smallest absolute Gasteiger partial charge is 0.260 e. The van der Waals surface area contributed by atoms with Gasteiger partial charge in [-0.15, -0.1) is 0 Å². The first-order chi connectivity index (χ1) is 8.55. The Morgan fingerprint density at radius 3 is 3.06 bits per heavy atom. The highest BCUT2D eigenvalue weighted by molar-refractivity contribution is 5.76. The molecule has 0 saturated carbocycles. The van der Waals surface area contributed by atoms with Crippen molar-refractivity contribution < 1.29 is 8.78 Å². The van der Waals surface area contributed by atoms with Crippen LogP contribution in [0, 0.1) is 0 Å². The zero-order valence-corrected chi connectivity index (χ0v) is 10.2. The van der Waals surface area contributed by atoms with Crippen LogP contribution in [0.15, 0.2) is 24.5 Å². The number of hydrogen-bond acceptors (Lipinski definition) is 2. The van der Waals surface area contributed by atoms with Gasteiger partial charge in [0, 0.05) is 25.9 Å². The normalized spacial score (nSPS) is 23.4. The van der Waals surface area contributed by atoms with Crippen LogP contribution in [0.1, 0.15) is 17.9 Å². The van der Waals surface area contributed by atoms with Gasteiger partial charge >= 0.3 is 0 Å². The predicted molar refractivity (Wildman–Crippen MR) is 65.9 cm³/mol. The minimum atomic E-state index is -2.61. The van der Waals surface area contributed by atoms with Gasteiger partial charge in [0.25, 0.3) is 5.92 Å². The molecule has 1 unspecified atom stereocenters. The summed E-state index contributed by atoms with van der Waals surface area (Å²) in [7, 11) is 1.91. The highest BCUT2D eigenvalue weighted by Gasteiger charge is 2.36. The number of hydrogen-bond donors (Lipinski definition) is 1. The molecule has 1 aromatic heterocycles. The van der Waals surface area contributed by atoms with Gasteiger partial charge in [0.15, 0.2) is 0 Å². The summed E-state index contributed by atoms with van der Waals surface area (Å²) < 4.78 is 28.7. The largest absolute Gasteiger partial charge is 0.334 e. The second-order valence-corrected chi connectivity index (χ2v) is 4.99. The van der Waals surface area contributed by atoms with Crippen LogP contribution in [0.25, 0.3) is 11.0 Å². The Labute approximate surface area is 104 Å². The zero-order valence-electron chi connectivity index (χ0n) is 10.2. The molecule has 0 amide bonds. The maximum absolute atomic E-state index is 13.4. The molecule has 0 spiro atoms. The molecule has 0 aliphatic carbocycles. The number of aromatic nitrogens is 2. The molecule has 3 rings (SSSR count). The Morgan fingerprint density at radius 1 is 1.44 bits per heavy atom. The number of imidazole rings is 1. The van der Waals surface area contributed by atoms with Crippen LogP contribution in [-0.2, 0) is 7.05 Å². The van der Waals surface area contributed by atoms with Crippen molar-refractivity contribution in [1.29, 1.82) is 0 Å². The van der Waals surface area contributed by atoms with Crippen molar-refractivity contribution in [3.63, 3.8) is 0 Å². The van der Waals surface area contributed by atoms with Gasteiger partial charge in [0.2, 0.25) is 0 Å². The van der Waals surface area contributed by atoms with Crippen LogP contribution < -0.4 is 5.32 Å². The lowest BCUT2D eigenvalue weighted by atomic mass is 9.89. The second kappa shape index (κ2) is 4.02. The van der Waals surface area contributed by atoms with E-state index in [4.69, 9.17) is 0 Å². The SMILES string of the molecule is Cn1cnc2ccc(C3CNCC(F)(F)C3)cc21. The molecule has 1 aromatic carbocycles. The monoisotopic (exact) mass is 251 g/mol. The maximum atomic E-state index is 13.4. The molecule has 1 fully saturated rings. The predicted octanol–water partition coefficient (Wildman–Crippen LogP) is 2.29. The summed E-state index contributed by atoms with van der Waals surface area (Å²) in [6, 6.07) is 5.77. The van der Waals surface area contributed by atoms with Gasteiger partial charge in [0.1, 0.15) is 0 Å². The Bertz CT molecular complexity index is 577. The molecule has 18 heavy (non-hydrogen) atoms. The second-order valence-electron chi connectivity index (χ2n) is 4.99. The van der Waals surface area contributed by atoms with E-state index < -0.39 is 5.92 Å². The van der Waals surface area contributed by atoms with E-state index in [0.29, 0.717) is 6.54 Å². The molecule has 1 aliphatic rings. The van der Waals surface area contributed by atoms with Crippen molar-refractivity contribution in [2.24, 2.45) is 7.05 Å². The molecule has 0 bridgehead atoms. The van der Waals surface area contributed by atoms with Gasteiger partial charge in [-0.3, -0.25) is 0 Å². The molecule has 1 saturated heterocycles. The van der Waals surface area contributed by atoms with Crippen molar-refractivity contribution in [2.75, 3.05) is 13.1 Å². The summed E-state index contributed by atoms with van der Waals surface area (Å²) in [5.74, 6) is -2.74. The first-order valence-corrected chi connectivity index (χ1v) is 6.05. The van der Waals surface area contributed by atoms with Crippen molar-refractivity contribution >= 4 is 11.0 Å². The number of nitrogens with one attached hydrogen (secondary N) is 1. The number of aryl methyl sites for hydroxylation is 1. The minimum absolute atomic E-state index is 0.0800. The summed E-state index contributed by atoms with van der Waals surface area (Å²) in [6.07, 6.45) is 1.66. The minimum Gasteiger partial charge on any atom is -0.334 e. The van der Waals surface area contributed by atoms with Gasteiger partial charge in [-0.05, 0) is 17.7 Å². The van der Waals surface area contributed by atoms with E-state index in [1.165, 1.54) is 0 Å². The average molecular weight is 251 g/mol. The van der Waals surface area contributed by atoms with Crippen LogP contribution in [0.3, 0.4) is 0 Å². The molecule has 96 valence electrons. The molecular weight excluding hydrogens is 236 g/mol. The lowest BCUT2D eigenvalue weighted by Crippen LogP contribution is -2.42. The molecule has 1 N–H and O–H groups in total. The average Bonchev–Trinajstić information content (AvgIpc) is 2.69. The lowest BCUT2D eigenvalue weighted by molar-refractivity contribution is -0.0277. The molecule has 1 atom stereocenters. The first kappa shape index (κ1) is 11.6. The Morgan fingerprint density at radius 2 is 2.28 bits per heavy atom.